The Labute approximate surface area is 161 Å². The Morgan fingerprint density at radius 1 is 1.32 bits per heavy atom. The third kappa shape index (κ3) is 4.57. The monoisotopic (exact) mass is 388 g/mol. The largest absolute Gasteiger partial charge is 0.372 e. The van der Waals surface area contributed by atoms with Crippen molar-refractivity contribution in [3.8, 4) is 0 Å². The van der Waals surface area contributed by atoms with Gasteiger partial charge in [-0.25, -0.2) is 0 Å². The van der Waals surface area contributed by atoms with Gasteiger partial charge in [0, 0.05) is 44.7 Å². The van der Waals surface area contributed by atoms with Crippen LogP contribution < -0.4 is 15.5 Å². The molecule has 0 saturated carbocycles. The second-order valence-electron chi connectivity index (χ2n) is 6.30. The number of likely N-dealkylation sites (N-methyl/N-ethyl adjacent to an activating group) is 1. The van der Waals surface area contributed by atoms with E-state index in [1.807, 2.05) is 42.1 Å². The zero-order valence-electron chi connectivity index (χ0n) is 14.6. The van der Waals surface area contributed by atoms with Gasteiger partial charge in [0.05, 0.1) is 11.4 Å². The molecule has 0 bridgehead atoms. The maximum Gasteiger partial charge on any atom is 0.254 e. The summed E-state index contributed by atoms with van der Waals surface area (Å²) in [5.41, 5.74) is 2.33. The Hall–Kier alpha value is -1.50. The lowest BCUT2D eigenvalue weighted by atomic mass is 10.1. The molecule has 25 heavy (non-hydrogen) atoms. The smallest absolute Gasteiger partial charge is 0.254 e. The van der Waals surface area contributed by atoms with Crippen LogP contribution in [-0.2, 0) is 4.79 Å². The second kappa shape index (κ2) is 9.27. The highest BCUT2D eigenvalue weighted by Gasteiger charge is 2.29. The summed E-state index contributed by atoms with van der Waals surface area (Å²) in [6.45, 7) is 2.30. The normalized spacial score (nSPS) is 19.3. The molecule has 1 unspecified atom stereocenters. The van der Waals surface area contributed by atoms with Crippen molar-refractivity contribution in [1.29, 1.82) is 0 Å². The summed E-state index contributed by atoms with van der Waals surface area (Å²) in [4.78, 5) is 28.7. The number of anilines is 2. The molecular formula is C17H26Cl2N4O2. The lowest BCUT2D eigenvalue weighted by Crippen LogP contribution is -2.40. The molecule has 1 aromatic rings. The molecule has 1 aromatic carbocycles. The van der Waals surface area contributed by atoms with E-state index >= 15 is 0 Å². The lowest BCUT2D eigenvalue weighted by molar-refractivity contribution is -0.115. The van der Waals surface area contributed by atoms with Crippen LogP contribution >= 0.6 is 24.8 Å². The van der Waals surface area contributed by atoms with Gasteiger partial charge in [0.15, 0.2) is 0 Å². The van der Waals surface area contributed by atoms with E-state index in [0.717, 1.165) is 37.3 Å². The maximum atomic E-state index is 12.8. The number of carbonyl (C=O) groups excluding carboxylic acids is 2. The number of hydrogen-bond donors (Lipinski definition) is 2. The predicted molar refractivity (Wildman–Crippen MR) is 105 cm³/mol. The minimum Gasteiger partial charge on any atom is -0.372 e. The van der Waals surface area contributed by atoms with Crippen molar-refractivity contribution in [3.05, 3.63) is 23.8 Å². The first-order valence-electron chi connectivity index (χ1n) is 8.20. The van der Waals surface area contributed by atoms with Crippen molar-refractivity contribution < 1.29 is 9.59 Å². The first-order valence-corrected chi connectivity index (χ1v) is 8.20. The van der Waals surface area contributed by atoms with Crippen molar-refractivity contribution in [2.45, 2.75) is 25.3 Å². The number of likely N-dealkylation sites (tertiary alicyclic amines) is 1. The van der Waals surface area contributed by atoms with E-state index in [2.05, 4.69) is 10.6 Å². The van der Waals surface area contributed by atoms with Gasteiger partial charge in [0.1, 0.15) is 0 Å². The van der Waals surface area contributed by atoms with Gasteiger partial charge >= 0.3 is 0 Å². The zero-order valence-corrected chi connectivity index (χ0v) is 16.2. The summed E-state index contributed by atoms with van der Waals surface area (Å²) < 4.78 is 0. The number of benzene rings is 1. The minimum absolute atomic E-state index is 0. The summed E-state index contributed by atoms with van der Waals surface area (Å²) in [6, 6.07) is 5.86. The van der Waals surface area contributed by atoms with E-state index in [1.165, 1.54) is 0 Å². The van der Waals surface area contributed by atoms with Crippen molar-refractivity contribution in [3.63, 3.8) is 0 Å². The molecule has 2 aliphatic heterocycles. The number of amides is 2. The van der Waals surface area contributed by atoms with Gasteiger partial charge in [-0.1, -0.05) is 0 Å². The number of fused-ring (bicyclic) bond motifs is 1. The molecular weight excluding hydrogens is 363 g/mol. The molecule has 2 amide bonds. The van der Waals surface area contributed by atoms with Crippen LogP contribution in [0.25, 0.3) is 0 Å². The Balaban J connectivity index is 0.00000156. The minimum atomic E-state index is -0.00516. The van der Waals surface area contributed by atoms with Crippen LogP contribution in [-0.4, -0.2) is 56.5 Å². The summed E-state index contributed by atoms with van der Waals surface area (Å²) >= 11 is 0. The molecule has 1 fully saturated rings. The lowest BCUT2D eigenvalue weighted by Gasteiger charge is -2.25. The van der Waals surface area contributed by atoms with Gasteiger partial charge in [0.2, 0.25) is 5.91 Å². The Kier molecular flexibility index (Phi) is 7.99. The van der Waals surface area contributed by atoms with Crippen molar-refractivity contribution in [1.82, 2.24) is 10.2 Å². The summed E-state index contributed by atoms with van der Waals surface area (Å²) in [5, 5.41) is 6.07. The molecule has 8 heteroatoms. The Bertz CT molecular complexity index is 627. The fraction of sp³-hybridized carbons (Fsp3) is 0.529. The fourth-order valence-electron chi connectivity index (χ4n) is 3.42. The van der Waals surface area contributed by atoms with Crippen LogP contribution in [0.4, 0.5) is 11.4 Å². The molecule has 2 N–H and O–H groups in total. The number of nitrogens with zero attached hydrogens (tertiary/aromatic N) is 2. The number of rotatable bonds is 3. The average Bonchev–Trinajstić information content (AvgIpc) is 2.94. The van der Waals surface area contributed by atoms with Crippen LogP contribution in [0.2, 0.25) is 0 Å². The molecule has 1 atom stereocenters. The highest BCUT2D eigenvalue weighted by atomic mass is 35.5. The van der Waals surface area contributed by atoms with Gasteiger partial charge in [-0.15, -0.1) is 24.8 Å². The van der Waals surface area contributed by atoms with E-state index in [-0.39, 0.29) is 42.7 Å². The Morgan fingerprint density at radius 2 is 2.08 bits per heavy atom. The quantitative estimate of drug-likeness (QED) is 0.832. The molecule has 0 spiro atoms. The Morgan fingerprint density at radius 3 is 2.80 bits per heavy atom. The predicted octanol–water partition coefficient (Wildman–Crippen LogP) is 2.13. The molecule has 0 aromatic heterocycles. The SMILES string of the molecule is CNCC1CCCN1C(=O)c1ccc2c(c1)NC(=O)CCN2C.Cl.Cl. The van der Waals surface area contributed by atoms with Crippen LogP contribution in [0.3, 0.4) is 0 Å². The first-order chi connectivity index (χ1) is 11.1. The van der Waals surface area contributed by atoms with Gasteiger partial charge in [-0.2, -0.15) is 0 Å². The molecule has 0 radical (unpaired) electrons. The standard InChI is InChI=1S/C17H24N4O2.2ClH/c1-18-11-13-4-3-8-21(13)17(23)12-5-6-15-14(10-12)19-16(22)7-9-20(15)2;;/h5-6,10,13,18H,3-4,7-9,11H2,1-2H3,(H,19,22);2*1H. The third-order valence-electron chi connectivity index (χ3n) is 4.68. The number of nitrogens with one attached hydrogen (secondary N) is 2. The summed E-state index contributed by atoms with van der Waals surface area (Å²) in [7, 11) is 3.87. The highest BCUT2D eigenvalue weighted by Crippen LogP contribution is 2.30. The van der Waals surface area contributed by atoms with Crippen LogP contribution in [0.1, 0.15) is 29.6 Å². The molecule has 2 heterocycles. The van der Waals surface area contributed by atoms with Gasteiger partial charge in [0.25, 0.3) is 5.91 Å². The topological polar surface area (TPSA) is 64.7 Å². The average molecular weight is 389 g/mol. The number of hydrogen-bond acceptors (Lipinski definition) is 4. The molecule has 2 aliphatic rings. The third-order valence-corrected chi connectivity index (χ3v) is 4.68. The van der Waals surface area contributed by atoms with Crippen molar-refractivity contribution >= 4 is 48.0 Å². The van der Waals surface area contributed by atoms with E-state index in [4.69, 9.17) is 0 Å². The fourth-order valence-corrected chi connectivity index (χ4v) is 3.42. The van der Waals surface area contributed by atoms with Crippen LogP contribution in [0.15, 0.2) is 18.2 Å². The highest BCUT2D eigenvalue weighted by molar-refractivity contribution is 6.01. The number of halogens is 2. The van der Waals surface area contributed by atoms with Crippen LogP contribution in [0, 0.1) is 0 Å². The van der Waals surface area contributed by atoms with Gasteiger partial charge in [-0.05, 0) is 38.1 Å². The van der Waals surface area contributed by atoms with Gasteiger partial charge < -0.3 is 20.4 Å². The summed E-state index contributed by atoms with van der Waals surface area (Å²) in [6.07, 6.45) is 2.55. The molecule has 1 saturated heterocycles. The molecule has 140 valence electrons. The molecule has 0 aliphatic carbocycles. The molecule has 6 nitrogen and oxygen atoms in total. The van der Waals surface area contributed by atoms with Gasteiger partial charge in [-0.3, -0.25) is 9.59 Å². The van der Waals surface area contributed by atoms with Crippen molar-refractivity contribution in [2.75, 3.05) is 43.9 Å². The first kappa shape index (κ1) is 21.5. The van der Waals surface area contributed by atoms with Crippen molar-refractivity contribution in [2.24, 2.45) is 0 Å². The molecule has 3 rings (SSSR count). The van der Waals surface area contributed by atoms with E-state index in [9.17, 15) is 9.59 Å². The van der Waals surface area contributed by atoms with E-state index in [1.54, 1.807) is 0 Å². The van der Waals surface area contributed by atoms with E-state index < -0.39 is 0 Å². The summed E-state index contributed by atoms with van der Waals surface area (Å²) in [5.74, 6) is 0.0427. The zero-order chi connectivity index (χ0) is 16.4. The number of carbonyl (C=O) groups is 2. The second-order valence-corrected chi connectivity index (χ2v) is 6.30. The van der Waals surface area contributed by atoms with Crippen LogP contribution in [0.5, 0.6) is 0 Å². The maximum absolute atomic E-state index is 12.8. The van der Waals surface area contributed by atoms with E-state index in [0.29, 0.717) is 18.5 Å².